The van der Waals surface area contributed by atoms with Gasteiger partial charge in [0.1, 0.15) is 23.9 Å². The molecule has 2 aromatic heterocycles. The van der Waals surface area contributed by atoms with E-state index < -0.39 is 47.2 Å². The van der Waals surface area contributed by atoms with Crippen molar-refractivity contribution in [2.75, 3.05) is 40.4 Å². The van der Waals surface area contributed by atoms with Crippen molar-refractivity contribution in [3.05, 3.63) is 84.2 Å². The molecule has 3 aliphatic rings. The smallest absolute Gasteiger partial charge is 0.324 e. The van der Waals surface area contributed by atoms with E-state index in [1.165, 1.54) is 16.0 Å². The lowest BCUT2D eigenvalue weighted by atomic mass is 9.84. The zero-order valence-electron chi connectivity index (χ0n) is 42.1. The molecule has 0 unspecified atom stereocenters. The molecule has 20 heteroatoms. The number of esters is 1. The summed E-state index contributed by atoms with van der Waals surface area (Å²) in [5.74, 6) is -2.87. The zero-order chi connectivity index (χ0) is 47.6. The Morgan fingerprint density at radius 1 is 1.03 bits per heavy atom. The van der Waals surface area contributed by atoms with Gasteiger partial charge in [-0.15, -0.1) is 0 Å². The van der Waals surface area contributed by atoms with Crippen molar-refractivity contribution in [2.24, 2.45) is 17.3 Å². The van der Waals surface area contributed by atoms with E-state index >= 15 is 0 Å². The average Bonchev–Trinajstić information content (AvgIpc) is 3.92. The van der Waals surface area contributed by atoms with Crippen LogP contribution in [0, 0.1) is 17.3 Å². The molecule has 4 amide bonds. The Labute approximate surface area is 453 Å². The molecule has 0 saturated carbocycles. The van der Waals surface area contributed by atoms with Crippen molar-refractivity contribution in [2.45, 2.75) is 104 Å². The average molecular weight is 1070 g/mol. The minimum absolute atomic E-state index is 0. The minimum Gasteiger partial charge on any atom is -0.508 e. The lowest BCUT2D eigenvalue weighted by molar-refractivity contribution is -0.155. The molecule has 4 aromatic rings. The lowest BCUT2D eigenvalue weighted by Gasteiger charge is -2.37. The molecule has 3 N–H and O–H groups in total. The zero-order valence-corrected chi connectivity index (χ0v) is 47.1. The summed E-state index contributed by atoms with van der Waals surface area (Å²) in [5, 5.41) is 16.7. The number of aromatic hydroxyl groups is 1. The highest BCUT2D eigenvalue weighted by Crippen LogP contribution is 2.42. The molecule has 2 saturated heterocycles. The fourth-order valence-electron chi connectivity index (χ4n) is 9.97. The van der Waals surface area contributed by atoms with E-state index in [0.717, 1.165) is 39.0 Å². The van der Waals surface area contributed by atoms with Crippen LogP contribution in [0.5, 0.6) is 5.75 Å². The number of likely N-dealkylation sites (tertiary alicyclic amines) is 1. The fraction of sp³-hybridized carbons (Fsp3) is 0.490. The van der Waals surface area contributed by atoms with Gasteiger partial charge in [0, 0.05) is 74.8 Å². The molecular formula is C51H75N7O8S5. The Bertz CT molecular complexity index is 2540. The first kappa shape index (κ1) is 62.8. The number of cyclic esters (lactones) is 1. The summed E-state index contributed by atoms with van der Waals surface area (Å²) in [6, 6.07) is 12.5. The van der Waals surface area contributed by atoms with Crippen LogP contribution in [0.1, 0.15) is 83.7 Å². The Kier molecular flexibility index (Phi) is 23.5. The number of aryl methyl sites for hydroxylation is 1. The number of fused-ring (bicyclic) bond motifs is 6. The third-order valence-electron chi connectivity index (χ3n) is 13.4. The molecule has 3 aliphatic heterocycles. The van der Waals surface area contributed by atoms with Gasteiger partial charge in [0.2, 0.25) is 17.7 Å². The summed E-state index contributed by atoms with van der Waals surface area (Å²) in [6.45, 7) is 17.1. The second-order valence-corrected chi connectivity index (χ2v) is 19.1. The number of hydrogen-bond acceptors (Lipinski definition) is 10. The van der Waals surface area contributed by atoms with Gasteiger partial charge in [-0.3, -0.25) is 34.0 Å². The monoisotopic (exact) mass is 1070 g/mol. The van der Waals surface area contributed by atoms with E-state index in [-0.39, 0.29) is 123 Å². The second-order valence-electron chi connectivity index (χ2n) is 19.1. The van der Waals surface area contributed by atoms with E-state index in [2.05, 4.69) is 60.9 Å². The number of carbonyl (C=O) groups is 5. The molecule has 6 bridgehead atoms. The highest BCUT2D eigenvalue weighted by Gasteiger charge is 2.40. The number of pyridine rings is 1. The highest BCUT2D eigenvalue weighted by molar-refractivity contribution is 7.60. The first-order valence-corrected chi connectivity index (χ1v) is 23.1. The Morgan fingerprint density at radius 2 is 1.75 bits per heavy atom. The quantitative estimate of drug-likeness (QED) is 0.117. The van der Waals surface area contributed by atoms with Gasteiger partial charge in [0.05, 0.1) is 30.0 Å². The predicted octanol–water partition coefficient (Wildman–Crippen LogP) is 6.53. The van der Waals surface area contributed by atoms with Crippen LogP contribution in [-0.4, -0.2) is 118 Å². The Morgan fingerprint density at radius 3 is 2.41 bits per heavy atom. The van der Waals surface area contributed by atoms with Crippen molar-refractivity contribution in [3.8, 4) is 28.1 Å². The third kappa shape index (κ3) is 13.7. The number of nitrogens with zero attached hydrogens (tertiary/aromatic N) is 5. The second kappa shape index (κ2) is 26.6. The summed E-state index contributed by atoms with van der Waals surface area (Å²) in [7, 11) is 3.25. The van der Waals surface area contributed by atoms with Gasteiger partial charge < -0.3 is 34.3 Å². The molecule has 15 nitrogen and oxygen atoms in total. The third-order valence-corrected chi connectivity index (χ3v) is 13.4. The number of likely N-dealkylation sites (N-methyl/N-ethyl adjacent to an activating group) is 1. The molecule has 392 valence electrons. The normalized spacial score (nSPS) is 19.5. The molecule has 0 spiro atoms. The van der Waals surface area contributed by atoms with Crippen molar-refractivity contribution in [3.63, 3.8) is 0 Å². The van der Waals surface area contributed by atoms with E-state index in [4.69, 9.17) is 14.5 Å². The van der Waals surface area contributed by atoms with Crippen LogP contribution in [0.3, 0.4) is 0 Å². The molecule has 5 atom stereocenters. The van der Waals surface area contributed by atoms with Crippen molar-refractivity contribution in [1.82, 2.24) is 35.1 Å². The number of phenols is 1. The molecule has 5 heterocycles. The lowest BCUT2D eigenvalue weighted by Crippen LogP contribution is -2.62. The van der Waals surface area contributed by atoms with Gasteiger partial charge in [0.25, 0.3) is 5.91 Å². The number of nitrogens with one attached hydrogen (secondary N) is 2. The first-order chi connectivity index (χ1) is 31.4. The van der Waals surface area contributed by atoms with Gasteiger partial charge in [-0.05, 0) is 110 Å². The molecular weight excluding hydrogens is 999 g/mol. The first-order valence-electron chi connectivity index (χ1n) is 23.1. The van der Waals surface area contributed by atoms with Crippen LogP contribution < -0.4 is 10.7 Å². The van der Waals surface area contributed by atoms with Gasteiger partial charge in [-0.1, -0.05) is 46.4 Å². The van der Waals surface area contributed by atoms with E-state index in [0.29, 0.717) is 49.9 Å². The van der Waals surface area contributed by atoms with Crippen LogP contribution >= 0.6 is 67.5 Å². The number of hydrazine groups is 1. The van der Waals surface area contributed by atoms with Crippen LogP contribution in [0.25, 0.3) is 33.3 Å². The maximum absolute atomic E-state index is 14.7. The van der Waals surface area contributed by atoms with Crippen LogP contribution in [0.2, 0.25) is 0 Å². The number of phenolic OH excluding ortho intramolecular Hbond substituents is 1. The molecule has 7 rings (SSSR count). The number of amides is 4. The summed E-state index contributed by atoms with van der Waals surface area (Å²) in [4.78, 5) is 77.1. The number of methoxy groups -OCH3 is 1. The number of rotatable bonds is 10. The number of hydrogen-bond donors (Lipinski definition) is 3. The highest BCUT2D eigenvalue weighted by atomic mass is 32.1. The minimum atomic E-state index is -1.16. The van der Waals surface area contributed by atoms with Gasteiger partial charge in [0.15, 0.2) is 0 Å². The molecule has 2 fully saturated rings. The number of benzene rings is 2. The van der Waals surface area contributed by atoms with Crippen molar-refractivity contribution >= 4 is 108 Å². The van der Waals surface area contributed by atoms with Crippen molar-refractivity contribution in [1.29, 1.82) is 0 Å². The molecule has 0 aliphatic carbocycles. The predicted molar refractivity (Wildman–Crippen MR) is 304 cm³/mol. The Balaban J connectivity index is 0.00000346. The summed E-state index contributed by atoms with van der Waals surface area (Å²) >= 11 is 0. The molecule has 0 radical (unpaired) electrons. The number of ether oxygens (including phenoxy) is 2. The summed E-state index contributed by atoms with van der Waals surface area (Å²) in [5.41, 5.74) is 9.52. The molecule has 71 heavy (non-hydrogen) atoms. The van der Waals surface area contributed by atoms with Gasteiger partial charge >= 0.3 is 5.97 Å². The standard InChI is InChI=1S/C51H65N7O8.5H2S/c1-10-43(60)56-21-18-34(28-56)48(62)55(8)45(30(3)4)47(61)53-41-24-32-22-35(25-36(59)23-32)33-16-17-42-38(26-33)39(46(57(42)11-2)37-14-12-19-52-44(37)31(5)65-9)27-51(6,7)29-66-50(64)40-15-13-20-58(54-40)49(41)63;;;;;/h10,12,14,16-17,19,22-23,25-26,30-31,34,40-41,45,54,59H,1,11,13,15,18,20-21,24,27-29H2,2-9H3,(H,53,61);5*1H2/t31-,34-,40-,41-,45-;;;;;/m0...../s1. The maximum Gasteiger partial charge on any atom is 0.324 e. The summed E-state index contributed by atoms with van der Waals surface area (Å²) < 4.78 is 14.2. The largest absolute Gasteiger partial charge is 0.508 e. The van der Waals surface area contributed by atoms with Gasteiger partial charge in [-0.2, -0.15) is 67.5 Å². The summed E-state index contributed by atoms with van der Waals surface area (Å²) in [6.07, 6.45) is 4.65. The molecule has 2 aromatic carbocycles. The van der Waals surface area contributed by atoms with Crippen LogP contribution in [0.15, 0.2) is 67.4 Å². The van der Waals surface area contributed by atoms with Crippen LogP contribution in [-0.2, 0) is 52.8 Å². The van der Waals surface area contributed by atoms with Crippen LogP contribution in [0.4, 0.5) is 0 Å². The Hall–Kier alpha value is -4.31. The number of carbonyl (C=O) groups excluding carboxylic acids is 5. The fourth-order valence-corrected chi connectivity index (χ4v) is 9.97. The number of aromatic nitrogens is 2. The maximum atomic E-state index is 14.7. The van der Waals surface area contributed by atoms with E-state index in [9.17, 15) is 29.1 Å². The van der Waals surface area contributed by atoms with E-state index in [1.807, 2.05) is 39.0 Å². The van der Waals surface area contributed by atoms with Gasteiger partial charge in [-0.25, -0.2) is 5.43 Å². The van der Waals surface area contributed by atoms with E-state index in [1.54, 1.807) is 37.4 Å². The SMILES string of the molecule is C=CC(=O)N1CC[C@H](C(=O)N(C)[C@H](C(=O)N[C@H]2Cc3cc(O)cc(c3)-c3ccc4c(c3)c(c(-c3cccnc3[C@H](C)OC)n4CC)CC(C)(C)COC(=O)[C@@H]3CCCN(N3)C2=O)C(C)C)C1.S.S.S.S.S. The topological polar surface area (TPSA) is 176 Å². The van der Waals surface area contributed by atoms with Crippen molar-refractivity contribution < 1.29 is 38.6 Å².